The van der Waals surface area contributed by atoms with Gasteiger partial charge in [-0.05, 0) is 30.4 Å². The zero-order valence-corrected chi connectivity index (χ0v) is 14.9. The SMILES string of the molecule is CC12CCC(C(=O)O)(CC1=NNC(=O)c1ccc([N+](=O)[O-])cc1)C2(C)C. The molecular formula is C18H21N3O5. The van der Waals surface area contributed by atoms with Crippen molar-refractivity contribution in [2.24, 2.45) is 21.3 Å². The number of fused-ring (bicyclic) bond motifs is 2. The van der Waals surface area contributed by atoms with Gasteiger partial charge in [0.1, 0.15) is 0 Å². The van der Waals surface area contributed by atoms with Crippen molar-refractivity contribution in [1.82, 2.24) is 5.43 Å². The molecule has 0 radical (unpaired) electrons. The Labute approximate surface area is 150 Å². The number of hydrogen-bond donors (Lipinski definition) is 2. The highest BCUT2D eigenvalue weighted by molar-refractivity contribution is 6.02. The number of hydrazone groups is 1. The summed E-state index contributed by atoms with van der Waals surface area (Å²) in [6.45, 7) is 5.91. The van der Waals surface area contributed by atoms with Gasteiger partial charge in [0.05, 0.1) is 10.3 Å². The molecule has 2 unspecified atom stereocenters. The van der Waals surface area contributed by atoms with Gasteiger partial charge < -0.3 is 5.11 Å². The molecule has 2 saturated carbocycles. The fourth-order valence-corrected chi connectivity index (χ4v) is 4.44. The zero-order valence-electron chi connectivity index (χ0n) is 14.9. The fourth-order valence-electron chi connectivity index (χ4n) is 4.44. The number of carboxylic acid groups (broad SMARTS) is 1. The van der Waals surface area contributed by atoms with Crippen molar-refractivity contribution < 1.29 is 19.6 Å². The molecule has 0 aliphatic heterocycles. The van der Waals surface area contributed by atoms with Gasteiger partial charge in [-0.1, -0.05) is 20.8 Å². The Morgan fingerprint density at radius 2 is 1.81 bits per heavy atom. The van der Waals surface area contributed by atoms with E-state index in [9.17, 15) is 24.8 Å². The number of carbonyl (C=O) groups excluding carboxylic acids is 1. The smallest absolute Gasteiger partial charge is 0.310 e. The van der Waals surface area contributed by atoms with Crippen LogP contribution in [0.25, 0.3) is 0 Å². The summed E-state index contributed by atoms with van der Waals surface area (Å²) in [5.74, 6) is -1.31. The summed E-state index contributed by atoms with van der Waals surface area (Å²) in [6, 6.07) is 5.23. The molecule has 1 amide bonds. The maximum absolute atomic E-state index is 12.3. The molecule has 8 heteroatoms. The molecule has 2 fully saturated rings. The monoisotopic (exact) mass is 359 g/mol. The Morgan fingerprint density at radius 1 is 1.19 bits per heavy atom. The van der Waals surface area contributed by atoms with E-state index in [0.717, 1.165) is 0 Å². The van der Waals surface area contributed by atoms with E-state index in [0.29, 0.717) is 25.0 Å². The molecule has 2 bridgehead atoms. The highest BCUT2D eigenvalue weighted by Gasteiger charge is 2.71. The fraction of sp³-hybridized carbons (Fsp3) is 0.500. The number of nitrogens with one attached hydrogen (secondary N) is 1. The van der Waals surface area contributed by atoms with Crippen molar-refractivity contribution in [1.29, 1.82) is 0 Å². The third-order valence-corrected chi connectivity index (χ3v) is 6.78. The van der Waals surface area contributed by atoms with Gasteiger partial charge >= 0.3 is 5.97 Å². The van der Waals surface area contributed by atoms with E-state index < -0.39 is 33.0 Å². The molecule has 1 aromatic rings. The quantitative estimate of drug-likeness (QED) is 0.632. The number of nitro benzene ring substituents is 1. The summed E-state index contributed by atoms with van der Waals surface area (Å²) >= 11 is 0. The Bertz CT molecular complexity index is 830. The number of aliphatic carboxylic acids is 1. The first-order chi connectivity index (χ1) is 12.0. The van der Waals surface area contributed by atoms with Gasteiger partial charge in [-0.25, -0.2) is 5.43 Å². The molecule has 8 nitrogen and oxygen atoms in total. The number of nitro groups is 1. The molecule has 138 valence electrons. The summed E-state index contributed by atoms with van der Waals surface area (Å²) in [6.07, 6.45) is 1.62. The van der Waals surface area contributed by atoms with Crippen molar-refractivity contribution in [3.05, 3.63) is 39.9 Å². The first-order valence-corrected chi connectivity index (χ1v) is 8.40. The van der Waals surface area contributed by atoms with Gasteiger partial charge in [0, 0.05) is 35.2 Å². The lowest BCUT2D eigenvalue weighted by Gasteiger charge is -2.37. The van der Waals surface area contributed by atoms with Crippen LogP contribution in [-0.2, 0) is 4.79 Å². The van der Waals surface area contributed by atoms with Crippen molar-refractivity contribution >= 4 is 23.3 Å². The second-order valence-corrected chi connectivity index (χ2v) is 7.82. The minimum atomic E-state index is -0.862. The number of hydrogen-bond acceptors (Lipinski definition) is 5. The van der Waals surface area contributed by atoms with Crippen LogP contribution < -0.4 is 5.43 Å². The van der Waals surface area contributed by atoms with Gasteiger partial charge in [0.2, 0.25) is 0 Å². The van der Waals surface area contributed by atoms with Crippen LogP contribution in [0.15, 0.2) is 29.4 Å². The molecule has 1 aromatic carbocycles. The van der Waals surface area contributed by atoms with Crippen molar-refractivity contribution in [3.8, 4) is 0 Å². The van der Waals surface area contributed by atoms with E-state index >= 15 is 0 Å². The van der Waals surface area contributed by atoms with E-state index in [1.807, 2.05) is 20.8 Å². The lowest BCUT2D eigenvalue weighted by molar-refractivity contribution is -0.384. The standard InChI is InChI=1S/C18H21N3O5/c1-16(2)17(3)8-9-18(16,15(23)24)10-13(17)19-20-14(22)11-4-6-12(7-5-11)21(25)26/h4-7H,8-10H2,1-3H3,(H,20,22)(H,23,24). The molecule has 0 saturated heterocycles. The third kappa shape index (κ3) is 2.24. The van der Waals surface area contributed by atoms with Crippen molar-refractivity contribution in [2.45, 2.75) is 40.0 Å². The molecule has 2 N–H and O–H groups in total. The Hall–Kier alpha value is -2.77. The molecule has 2 atom stereocenters. The average Bonchev–Trinajstić information content (AvgIpc) is 2.90. The largest absolute Gasteiger partial charge is 0.481 e. The summed E-state index contributed by atoms with van der Waals surface area (Å²) in [4.78, 5) is 34.3. The summed E-state index contributed by atoms with van der Waals surface area (Å²) in [7, 11) is 0. The highest BCUT2D eigenvalue weighted by atomic mass is 16.6. The second kappa shape index (κ2) is 5.62. The van der Waals surface area contributed by atoms with Crippen LogP contribution in [0.5, 0.6) is 0 Å². The molecule has 26 heavy (non-hydrogen) atoms. The minimum Gasteiger partial charge on any atom is -0.481 e. The van der Waals surface area contributed by atoms with Crippen LogP contribution in [0, 0.1) is 26.4 Å². The molecule has 0 spiro atoms. The maximum Gasteiger partial charge on any atom is 0.310 e. The number of amides is 1. The maximum atomic E-state index is 12.3. The summed E-state index contributed by atoms with van der Waals surface area (Å²) < 4.78 is 0. The average molecular weight is 359 g/mol. The van der Waals surface area contributed by atoms with Crippen LogP contribution in [0.1, 0.15) is 50.4 Å². The molecule has 3 rings (SSSR count). The predicted molar refractivity (Wildman–Crippen MR) is 93.8 cm³/mol. The molecule has 0 heterocycles. The number of carboxylic acids is 1. The van der Waals surface area contributed by atoms with E-state index in [1.54, 1.807) is 0 Å². The van der Waals surface area contributed by atoms with E-state index in [-0.39, 0.29) is 11.3 Å². The van der Waals surface area contributed by atoms with Gasteiger partial charge in [0.25, 0.3) is 11.6 Å². The normalized spacial score (nSPS) is 30.3. The van der Waals surface area contributed by atoms with Crippen LogP contribution in [0.4, 0.5) is 5.69 Å². The number of benzene rings is 1. The summed E-state index contributed by atoms with van der Waals surface area (Å²) in [5, 5.41) is 24.7. The number of nitrogens with zero attached hydrogens (tertiary/aromatic N) is 2. The van der Waals surface area contributed by atoms with Gasteiger partial charge in [-0.2, -0.15) is 5.10 Å². The lowest BCUT2D eigenvalue weighted by Crippen LogP contribution is -2.40. The topological polar surface area (TPSA) is 122 Å². The molecule has 2 aliphatic carbocycles. The Morgan fingerprint density at radius 3 is 2.31 bits per heavy atom. The van der Waals surface area contributed by atoms with Crippen molar-refractivity contribution in [3.63, 3.8) is 0 Å². The minimum absolute atomic E-state index is 0.0985. The molecule has 0 aromatic heterocycles. The third-order valence-electron chi connectivity index (χ3n) is 6.78. The van der Waals surface area contributed by atoms with Crippen molar-refractivity contribution in [2.75, 3.05) is 0 Å². The Kier molecular flexibility index (Phi) is 3.90. The first-order valence-electron chi connectivity index (χ1n) is 8.40. The first kappa shape index (κ1) is 18.0. The number of non-ortho nitro benzene ring substituents is 1. The highest BCUT2D eigenvalue weighted by Crippen LogP contribution is 2.70. The van der Waals surface area contributed by atoms with Crippen LogP contribution in [0.2, 0.25) is 0 Å². The molecule has 2 aliphatic rings. The van der Waals surface area contributed by atoms with Crippen LogP contribution in [0.3, 0.4) is 0 Å². The Balaban J connectivity index is 1.82. The van der Waals surface area contributed by atoms with Gasteiger partial charge in [-0.15, -0.1) is 0 Å². The predicted octanol–water partition coefficient (Wildman–Crippen LogP) is 2.98. The zero-order chi connectivity index (χ0) is 19.3. The van der Waals surface area contributed by atoms with E-state index in [4.69, 9.17) is 0 Å². The van der Waals surface area contributed by atoms with Gasteiger partial charge in [0.15, 0.2) is 0 Å². The van der Waals surface area contributed by atoms with Crippen LogP contribution >= 0.6 is 0 Å². The summed E-state index contributed by atoms with van der Waals surface area (Å²) in [5.41, 5.74) is 1.59. The van der Waals surface area contributed by atoms with Crippen LogP contribution in [-0.4, -0.2) is 27.6 Å². The van der Waals surface area contributed by atoms with E-state index in [1.165, 1.54) is 24.3 Å². The second-order valence-electron chi connectivity index (χ2n) is 7.82. The number of carbonyl (C=O) groups is 2. The van der Waals surface area contributed by atoms with Gasteiger partial charge in [-0.3, -0.25) is 19.7 Å². The molecular weight excluding hydrogens is 338 g/mol. The van der Waals surface area contributed by atoms with E-state index in [2.05, 4.69) is 10.5 Å². The lowest BCUT2D eigenvalue weighted by atomic mass is 9.65. The number of rotatable bonds is 4.